The Balaban J connectivity index is 1.61. The fourth-order valence-corrected chi connectivity index (χ4v) is 2.62. The van der Waals surface area contributed by atoms with Crippen LogP contribution in [0.1, 0.15) is 37.0 Å². The van der Waals surface area contributed by atoms with Crippen LogP contribution in [-0.2, 0) is 11.8 Å². The molecule has 1 aliphatic rings. The zero-order valence-corrected chi connectivity index (χ0v) is 12.5. The van der Waals surface area contributed by atoms with Crippen molar-refractivity contribution in [2.75, 3.05) is 0 Å². The lowest BCUT2D eigenvalue weighted by Gasteiger charge is -2.36. The molecule has 1 N–H and O–H groups in total. The second-order valence-corrected chi connectivity index (χ2v) is 5.87. The van der Waals surface area contributed by atoms with Gasteiger partial charge in [-0.05, 0) is 44.9 Å². The highest BCUT2D eigenvalue weighted by Gasteiger charge is 2.31. The zero-order valence-electron chi connectivity index (χ0n) is 12.5. The summed E-state index contributed by atoms with van der Waals surface area (Å²) >= 11 is 0. The molecule has 6 heteroatoms. The first kappa shape index (κ1) is 14.0. The Bertz CT molecular complexity index is 659. The number of fused-ring (bicyclic) bond motifs is 1. The minimum atomic E-state index is -0.0499. The standard InChI is InChI=1S/C15H20N4O2/c1-9(2)21-12-7-11(8-12)16-15(20)10-4-5-13-14(6-10)19(3)18-17-13/h4-6,9,11-12H,7-8H2,1-3H3,(H,16,20). The minimum Gasteiger partial charge on any atom is -0.375 e. The summed E-state index contributed by atoms with van der Waals surface area (Å²) in [5.74, 6) is -0.0499. The highest BCUT2D eigenvalue weighted by molar-refractivity contribution is 5.97. The van der Waals surface area contributed by atoms with E-state index < -0.39 is 0 Å². The third-order valence-corrected chi connectivity index (χ3v) is 3.77. The second-order valence-electron chi connectivity index (χ2n) is 5.87. The van der Waals surface area contributed by atoms with Gasteiger partial charge < -0.3 is 10.1 Å². The van der Waals surface area contributed by atoms with E-state index in [4.69, 9.17) is 4.74 Å². The molecule has 6 nitrogen and oxygen atoms in total. The Kier molecular flexibility index (Phi) is 3.63. The topological polar surface area (TPSA) is 69.0 Å². The molecule has 21 heavy (non-hydrogen) atoms. The fourth-order valence-electron chi connectivity index (χ4n) is 2.62. The van der Waals surface area contributed by atoms with Gasteiger partial charge in [0.25, 0.3) is 5.91 Å². The lowest BCUT2D eigenvalue weighted by molar-refractivity contribution is -0.0482. The summed E-state index contributed by atoms with van der Waals surface area (Å²) in [5.41, 5.74) is 2.29. The summed E-state index contributed by atoms with van der Waals surface area (Å²) in [4.78, 5) is 12.3. The van der Waals surface area contributed by atoms with Crippen molar-refractivity contribution in [3.8, 4) is 0 Å². The van der Waals surface area contributed by atoms with E-state index in [9.17, 15) is 4.79 Å². The molecule has 1 heterocycles. The highest BCUT2D eigenvalue weighted by atomic mass is 16.5. The number of hydrogen-bond donors (Lipinski definition) is 1. The SMILES string of the molecule is CC(C)OC1CC(NC(=O)c2ccc3nnn(C)c3c2)C1. The van der Waals surface area contributed by atoms with Gasteiger partial charge in [-0.15, -0.1) is 5.10 Å². The average Bonchev–Trinajstić information content (AvgIpc) is 2.77. The van der Waals surface area contributed by atoms with Crippen LogP contribution in [0.4, 0.5) is 0 Å². The number of nitrogens with zero attached hydrogens (tertiary/aromatic N) is 3. The predicted molar refractivity (Wildman–Crippen MR) is 79.0 cm³/mol. The van der Waals surface area contributed by atoms with Crippen LogP contribution in [0.2, 0.25) is 0 Å². The molecule has 0 radical (unpaired) electrons. The smallest absolute Gasteiger partial charge is 0.251 e. The Morgan fingerprint density at radius 2 is 2.19 bits per heavy atom. The van der Waals surface area contributed by atoms with E-state index in [-0.39, 0.29) is 24.2 Å². The van der Waals surface area contributed by atoms with E-state index in [0.717, 1.165) is 23.9 Å². The molecule has 1 amide bonds. The Labute approximate surface area is 123 Å². The van der Waals surface area contributed by atoms with Gasteiger partial charge in [0.05, 0.1) is 17.7 Å². The van der Waals surface area contributed by atoms with E-state index >= 15 is 0 Å². The quantitative estimate of drug-likeness (QED) is 0.929. The van der Waals surface area contributed by atoms with Crippen LogP contribution in [-0.4, -0.2) is 39.2 Å². The van der Waals surface area contributed by atoms with E-state index in [0.29, 0.717) is 5.56 Å². The van der Waals surface area contributed by atoms with Crippen LogP contribution < -0.4 is 5.32 Å². The van der Waals surface area contributed by atoms with Crippen molar-refractivity contribution in [2.24, 2.45) is 7.05 Å². The molecule has 1 aromatic carbocycles. The molecule has 2 aromatic rings. The molecule has 3 rings (SSSR count). The largest absolute Gasteiger partial charge is 0.375 e. The second kappa shape index (κ2) is 5.44. The summed E-state index contributed by atoms with van der Waals surface area (Å²) < 4.78 is 7.36. The number of aryl methyl sites for hydroxylation is 1. The first-order valence-corrected chi connectivity index (χ1v) is 7.28. The van der Waals surface area contributed by atoms with Gasteiger partial charge in [-0.2, -0.15) is 0 Å². The lowest BCUT2D eigenvalue weighted by Crippen LogP contribution is -2.48. The van der Waals surface area contributed by atoms with Crippen molar-refractivity contribution in [3.63, 3.8) is 0 Å². The van der Waals surface area contributed by atoms with Crippen molar-refractivity contribution >= 4 is 16.9 Å². The first-order chi connectivity index (χ1) is 10.0. The number of aromatic nitrogens is 3. The number of benzene rings is 1. The molecule has 0 aliphatic heterocycles. The van der Waals surface area contributed by atoms with Gasteiger partial charge in [-0.3, -0.25) is 4.79 Å². The van der Waals surface area contributed by atoms with Crippen molar-refractivity contribution < 1.29 is 9.53 Å². The fraction of sp³-hybridized carbons (Fsp3) is 0.533. The molecule has 1 aliphatic carbocycles. The van der Waals surface area contributed by atoms with Crippen LogP contribution in [0, 0.1) is 0 Å². The van der Waals surface area contributed by atoms with Crippen LogP contribution in [0.3, 0.4) is 0 Å². The first-order valence-electron chi connectivity index (χ1n) is 7.28. The van der Waals surface area contributed by atoms with Crippen LogP contribution >= 0.6 is 0 Å². The van der Waals surface area contributed by atoms with Crippen molar-refractivity contribution in [1.82, 2.24) is 20.3 Å². The van der Waals surface area contributed by atoms with Gasteiger partial charge in [-0.25, -0.2) is 4.68 Å². The maximum atomic E-state index is 12.3. The number of nitrogens with one attached hydrogen (secondary N) is 1. The summed E-state index contributed by atoms with van der Waals surface area (Å²) in [7, 11) is 1.82. The lowest BCUT2D eigenvalue weighted by atomic mass is 9.89. The van der Waals surface area contributed by atoms with Crippen molar-refractivity contribution in [2.45, 2.75) is 44.9 Å². The number of ether oxygens (including phenoxy) is 1. The number of hydrogen-bond acceptors (Lipinski definition) is 4. The summed E-state index contributed by atoms with van der Waals surface area (Å²) in [5, 5.41) is 11.0. The number of carbonyl (C=O) groups is 1. The molecular weight excluding hydrogens is 268 g/mol. The average molecular weight is 288 g/mol. The predicted octanol–water partition coefficient (Wildman–Crippen LogP) is 1.65. The zero-order chi connectivity index (χ0) is 15.0. The Morgan fingerprint density at radius 1 is 1.43 bits per heavy atom. The third kappa shape index (κ3) is 2.90. The maximum absolute atomic E-state index is 12.3. The van der Waals surface area contributed by atoms with E-state index in [1.165, 1.54) is 0 Å². The number of amides is 1. The van der Waals surface area contributed by atoms with Gasteiger partial charge in [0.15, 0.2) is 0 Å². The molecular formula is C15H20N4O2. The molecule has 112 valence electrons. The maximum Gasteiger partial charge on any atom is 0.251 e. The molecule has 0 unspecified atom stereocenters. The molecule has 1 saturated carbocycles. The monoisotopic (exact) mass is 288 g/mol. The molecule has 1 fully saturated rings. The number of rotatable bonds is 4. The summed E-state index contributed by atoms with van der Waals surface area (Å²) in [6.07, 6.45) is 2.30. The highest BCUT2D eigenvalue weighted by Crippen LogP contribution is 2.25. The Morgan fingerprint density at radius 3 is 2.90 bits per heavy atom. The third-order valence-electron chi connectivity index (χ3n) is 3.77. The number of carbonyl (C=O) groups excluding carboxylic acids is 1. The van der Waals surface area contributed by atoms with Gasteiger partial charge in [0, 0.05) is 18.7 Å². The normalized spacial score (nSPS) is 21.5. The van der Waals surface area contributed by atoms with Crippen molar-refractivity contribution in [1.29, 1.82) is 0 Å². The van der Waals surface area contributed by atoms with Gasteiger partial charge in [0.2, 0.25) is 0 Å². The van der Waals surface area contributed by atoms with Crippen LogP contribution in [0.5, 0.6) is 0 Å². The molecule has 0 saturated heterocycles. The van der Waals surface area contributed by atoms with E-state index in [2.05, 4.69) is 15.6 Å². The summed E-state index contributed by atoms with van der Waals surface area (Å²) in [6, 6.07) is 5.64. The minimum absolute atomic E-state index is 0.0499. The van der Waals surface area contributed by atoms with Crippen molar-refractivity contribution in [3.05, 3.63) is 23.8 Å². The van der Waals surface area contributed by atoms with Crippen LogP contribution in [0.15, 0.2) is 18.2 Å². The molecule has 0 spiro atoms. The van der Waals surface area contributed by atoms with Gasteiger partial charge >= 0.3 is 0 Å². The molecule has 0 atom stereocenters. The van der Waals surface area contributed by atoms with Crippen LogP contribution in [0.25, 0.3) is 11.0 Å². The molecule has 0 bridgehead atoms. The van der Waals surface area contributed by atoms with Gasteiger partial charge in [0.1, 0.15) is 5.52 Å². The molecule has 1 aromatic heterocycles. The summed E-state index contributed by atoms with van der Waals surface area (Å²) in [6.45, 7) is 4.06. The van der Waals surface area contributed by atoms with Gasteiger partial charge in [-0.1, -0.05) is 5.21 Å². The van der Waals surface area contributed by atoms with E-state index in [1.54, 1.807) is 10.7 Å². The van der Waals surface area contributed by atoms with E-state index in [1.807, 2.05) is 33.0 Å². The Hall–Kier alpha value is -1.95.